The number of aromatic hydroxyl groups is 1. The molecule has 1 aliphatic rings. The van der Waals surface area contributed by atoms with Gasteiger partial charge in [0.15, 0.2) is 0 Å². The Hall–Kier alpha value is -2.26. The predicted molar refractivity (Wildman–Crippen MR) is 116 cm³/mol. The fourth-order valence-electron chi connectivity index (χ4n) is 3.06. The van der Waals surface area contributed by atoms with Gasteiger partial charge in [0.1, 0.15) is 5.75 Å². The first kappa shape index (κ1) is 25.0. The monoisotopic (exact) mass is 458 g/mol. The average Bonchev–Trinajstić information content (AvgIpc) is 3.11. The van der Waals surface area contributed by atoms with Crippen molar-refractivity contribution in [1.29, 1.82) is 0 Å². The number of halogens is 3. The number of benzene rings is 2. The normalized spacial score (nSPS) is 15.3. The van der Waals surface area contributed by atoms with Gasteiger partial charge in [-0.05, 0) is 68.2 Å². The van der Waals surface area contributed by atoms with E-state index in [0.29, 0.717) is 6.07 Å². The van der Waals surface area contributed by atoms with Crippen LogP contribution in [0.2, 0.25) is 0 Å². The van der Waals surface area contributed by atoms with E-state index >= 15 is 0 Å². The van der Waals surface area contributed by atoms with Gasteiger partial charge >= 0.3 is 6.18 Å². The number of rotatable bonds is 3. The lowest BCUT2D eigenvalue weighted by Crippen LogP contribution is -2.15. The largest absolute Gasteiger partial charge is 0.507 e. The minimum Gasteiger partial charge on any atom is -0.507 e. The van der Waals surface area contributed by atoms with E-state index in [-0.39, 0.29) is 16.0 Å². The third-order valence-corrected chi connectivity index (χ3v) is 6.31. The molecule has 0 aliphatic carbocycles. The van der Waals surface area contributed by atoms with Crippen LogP contribution in [-0.4, -0.2) is 38.6 Å². The summed E-state index contributed by atoms with van der Waals surface area (Å²) in [4.78, 5) is 2.33. The highest BCUT2D eigenvalue weighted by Gasteiger charge is 2.34. The minimum absolute atomic E-state index is 0.0279. The summed E-state index contributed by atoms with van der Waals surface area (Å²) in [5, 5.41) is 9.47. The van der Waals surface area contributed by atoms with Crippen molar-refractivity contribution in [2.75, 3.05) is 24.9 Å². The second kappa shape index (κ2) is 9.48. The lowest BCUT2D eigenvalue weighted by molar-refractivity contribution is -0.138. The zero-order valence-corrected chi connectivity index (χ0v) is 18.9. The summed E-state index contributed by atoms with van der Waals surface area (Å²) in [6.07, 6.45) is -1.89. The molecule has 1 heterocycles. The van der Waals surface area contributed by atoms with Gasteiger partial charge in [0, 0.05) is 6.07 Å². The van der Waals surface area contributed by atoms with Crippen molar-refractivity contribution in [3.8, 4) is 5.75 Å². The van der Waals surface area contributed by atoms with Gasteiger partial charge in [0.25, 0.3) is 10.0 Å². The molecule has 0 bridgehead atoms. The molecule has 0 spiro atoms. The SMILES string of the molecule is CC(C)(C)c1ccc(S(=O)(=O)Nc2ccc(C(F)(F)F)c(O)c2)cc1.CN1CCCC1. The quantitative estimate of drug-likeness (QED) is 0.662. The summed E-state index contributed by atoms with van der Waals surface area (Å²) in [6, 6.07) is 8.50. The molecule has 0 radical (unpaired) electrons. The molecule has 0 amide bonds. The fraction of sp³-hybridized carbons (Fsp3) is 0.455. The topological polar surface area (TPSA) is 69.6 Å². The van der Waals surface area contributed by atoms with Crippen LogP contribution in [0.1, 0.15) is 44.7 Å². The Balaban J connectivity index is 0.000000488. The van der Waals surface area contributed by atoms with Crippen molar-refractivity contribution < 1.29 is 26.7 Å². The van der Waals surface area contributed by atoms with Gasteiger partial charge in [-0.15, -0.1) is 0 Å². The summed E-state index contributed by atoms with van der Waals surface area (Å²) in [5.74, 6) is -1.05. The molecule has 2 aromatic rings. The summed E-state index contributed by atoms with van der Waals surface area (Å²) in [5.41, 5.74) is -0.594. The van der Waals surface area contributed by atoms with E-state index in [1.54, 1.807) is 12.1 Å². The molecule has 2 N–H and O–H groups in total. The maximum Gasteiger partial charge on any atom is 0.419 e. The second-order valence-electron chi connectivity index (χ2n) is 8.62. The molecule has 3 rings (SSSR count). The summed E-state index contributed by atoms with van der Waals surface area (Å²) in [7, 11) is -1.81. The maximum absolute atomic E-state index is 12.6. The number of anilines is 1. The van der Waals surface area contributed by atoms with Gasteiger partial charge in [0.2, 0.25) is 0 Å². The first-order chi connectivity index (χ1) is 14.2. The second-order valence-corrected chi connectivity index (χ2v) is 10.3. The van der Waals surface area contributed by atoms with Crippen LogP contribution >= 0.6 is 0 Å². The Morgan fingerprint density at radius 1 is 0.968 bits per heavy atom. The standard InChI is InChI=1S/C17H18F3NO3S.C5H11N/c1-16(2,3)11-4-7-13(8-5-11)25(23,24)21-12-6-9-14(15(22)10-12)17(18,19)20;1-6-4-2-3-5-6/h4-10,21-22H,1-3H3;2-5H2,1H3. The highest BCUT2D eigenvalue weighted by Crippen LogP contribution is 2.37. The molecule has 0 saturated carbocycles. The van der Waals surface area contributed by atoms with E-state index in [2.05, 4.69) is 16.7 Å². The molecule has 1 fully saturated rings. The summed E-state index contributed by atoms with van der Waals surface area (Å²) >= 11 is 0. The van der Waals surface area contributed by atoms with Crippen LogP contribution in [0.25, 0.3) is 0 Å². The molecular weight excluding hydrogens is 429 g/mol. The maximum atomic E-state index is 12.6. The number of likely N-dealkylation sites (tertiary alicyclic amines) is 1. The lowest BCUT2D eigenvalue weighted by Gasteiger charge is -2.19. The fourth-order valence-corrected chi connectivity index (χ4v) is 4.11. The van der Waals surface area contributed by atoms with Gasteiger partial charge < -0.3 is 10.0 Å². The van der Waals surface area contributed by atoms with Crippen LogP contribution in [0.5, 0.6) is 5.75 Å². The number of sulfonamides is 1. The Morgan fingerprint density at radius 3 is 1.90 bits per heavy atom. The van der Waals surface area contributed by atoms with Crippen molar-refractivity contribution in [1.82, 2.24) is 4.90 Å². The van der Waals surface area contributed by atoms with Crippen LogP contribution < -0.4 is 4.72 Å². The van der Waals surface area contributed by atoms with E-state index < -0.39 is 27.5 Å². The van der Waals surface area contributed by atoms with Gasteiger partial charge in [-0.1, -0.05) is 32.9 Å². The third-order valence-electron chi connectivity index (χ3n) is 4.92. The van der Waals surface area contributed by atoms with Gasteiger partial charge in [-0.2, -0.15) is 13.2 Å². The predicted octanol–water partition coefficient (Wildman–Crippen LogP) is 5.22. The number of nitrogens with one attached hydrogen (secondary N) is 1. The Labute approximate surface area is 181 Å². The number of nitrogens with zero attached hydrogens (tertiary/aromatic N) is 1. The molecule has 1 aliphatic heterocycles. The first-order valence-corrected chi connectivity index (χ1v) is 11.4. The first-order valence-electron chi connectivity index (χ1n) is 9.92. The van der Waals surface area contributed by atoms with Crippen molar-refractivity contribution in [3.63, 3.8) is 0 Å². The number of hydrogen-bond acceptors (Lipinski definition) is 4. The lowest BCUT2D eigenvalue weighted by atomic mass is 9.87. The van der Waals surface area contributed by atoms with E-state index in [4.69, 9.17) is 0 Å². The Morgan fingerprint density at radius 2 is 1.52 bits per heavy atom. The van der Waals surface area contributed by atoms with Crippen LogP contribution in [0, 0.1) is 0 Å². The average molecular weight is 459 g/mol. The molecule has 1 saturated heterocycles. The molecule has 172 valence electrons. The van der Waals surface area contributed by atoms with E-state index in [1.807, 2.05) is 20.8 Å². The molecular formula is C22H29F3N2O3S. The van der Waals surface area contributed by atoms with Crippen LogP contribution in [0.3, 0.4) is 0 Å². The highest BCUT2D eigenvalue weighted by molar-refractivity contribution is 7.92. The van der Waals surface area contributed by atoms with E-state index in [9.17, 15) is 26.7 Å². The third kappa shape index (κ3) is 7.14. The molecule has 9 heteroatoms. The summed E-state index contributed by atoms with van der Waals surface area (Å²) < 4.78 is 64.7. The van der Waals surface area contributed by atoms with Crippen molar-refractivity contribution in [2.24, 2.45) is 0 Å². The van der Waals surface area contributed by atoms with Crippen LogP contribution in [0.15, 0.2) is 47.4 Å². The smallest absolute Gasteiger partial charge is 0.419 e. The van der Waals surface area contributed by atoms with Gasteiger partial charge in [0.05, 0.1) is 16.1 Å². The zero-order valence-electron chi connectivity index (χ0n) is 18.1. The van der Waals surface area contributed by atoms with Gasteiger partial charge in [-0.3, -0.25) is 4.72 Å². The Kier molecular flexibility index (Phi) is 7.65. The van der Waals surface area contributed by atoms with Crippen molar-refractivity contribution >= 4 is 15.7 Å². The number of hydrogen-bond donors (Lipinski definition) is 2. The summed E-state index contributed by atoms with van der Waals surface area (Å²) in [6.45, 7) is 8.60. The number of phenols is 1. The molecule has 5 nitrogen and oxygen atoms in total. The van der Waals surface area contributed by atoms with Gasteiger partial charge in [-0.25, -0.2) is 8.42 Å². The van der Waals surface area contributed by atoms with E-state index in [0.717, 1.165) is 17.7 Å². The van der Waals surface area contributed by atoms with Crippen molar-refractivity contribution in [3.05, 3.63) is 53.6 Å². The number of phenolic OH excluding ortho intramolecular Hbond substituents is 1. The molecule has 0 unspecified atom stereocenters. The molecule has 0 aromatic heterocycles. The van der Waals surface area contributed by atoms with Crippen molar-refractivity contribution in [2.45, 2.75) is 50.1 Å². The van der Waals surface area contributed by atoms with E-state index in [1.165, 1.54) is 38.1 Å². The molecule has 31 heavy (non-hydrogen) atoms. The molecule has 0 atom stereocenters. The van der Waals surface area contributed by atoms with Crippen LogP contribution in [-0.2, 0) is 21.6 Å². The molecule has 2 aromatic carbocycles. The minimum atomic E-state index is -4.72. The highest BCUT2D eigenvalue weighted by atomic mass is 32.2. The van der Waals surface area contributed by atoms with Crippen LogP contribution in [0.4, 0.5) is 18.9 Å². The number of alkyl halides is 3. The Bertz CT molecular complexity index is 977. The zero-order chi connectivity index (χ0) is 23.4.